The summed E-state index contributed by atoms with van der Waals surface area (Å²) in [7, 11) is 0. The van der Waals surface area contributed by atoms with Crippen LogP contribution >= 0.6 is 0 Å². The molecule has 0 saturated carbocycles. The Labute approximate surface area is 114 Å². The molecule has 6 heteroatoms. The molecular formula is C14H11N3O3. The maximum absolute atomic E-state index is 11.9. The monoisotopic (exact) mass is 269 g/mol. The number of nitrogens with zero attached hydrogens (tertiary/aromatic N) is 2. The third-order valence-corrected chi connectivity index (χ3v) is 2.36. The number of carbonyl (C=O) groups excluding carboxylic acids is 1. The highest BCUT2D eigenvalue weighted by molar-refractivity contribution is 6.02. The molecule has 20 heavy (non-hydrogen) atoms. The Morgan fingerprint density at radius 3 is 2.80 bits per heavy atom. The number of hydrogen-bond donors (Lipinski definition) is 2. The first-order chi connectivity index (χ1) is 9.65. The van der Waals surface area contributed by atoms with Gasteiger partial charge >= 0.3 is 5.97 Å². The first-order valence-corrected chi connectivity index (χ1v) is 5.73. The Bertz CT molecular complexity index is 654. The molecule has 0 aliphatic carbocycles. The van der Waals surface area contributed by atoms with Crippen molar-refractivity contribution in [1.82, 2.24) is 9.97 Å². The van der Waals surface area contributed by atoms with Gasteiger partial charge in [0.05, 0.1) is 6.20 Å². The molecule has 2 rings (SSSR count). The first kappa shape index (κ1) is 13.4. The highest BCUT2D eigenvalue weighted by atomic mass is 16.4. The molecule has 0 bridgehead atoms. The Kier molecular flexibility index (Phi) is 4.18. The van der Waals surface area contributed by atoms with Crippen molar-refractivity contribution < 1.29 is 14.7 Å². The zero-order valence-electron chi connectivity index (χ0n) is 10.4. The number of carbonyl (C=O) groups is 2. The van der Waals surface area contributed by atoms with Crippen LogP contribution in [0, 0.1) is 0 Å². The summed E-state index contributed by atoms with van der Waals surface area (Å²) in [6.07, 6.45) is 6.75. The molecular weight excluding hydrogens is 258 g/mol. The van der Waals surface area contributed by atoms with E-state index >= 15 is 0 Å². The second kappa shape index (κ2) is 6.24. The zero-order chi connectivity index (χ0) is 14.4. The van der Waals surface area contributed by atoms with Gasteiger partial charge in [-0.25, -0.2) is 9.78 Å². The Morgan fingerprint density at radius 1 is 1.25 bits per heavy atom. The summed E-state index contributed by atoms with van der Waals surface area (Å²) in [4.78, 5) is 30.0. The maximum Gasteiger partial charge on any atom is 0.328 e. The van der Waals surface area contributed by atoms with Gasteiger partial charge in [-0.05, 0) is 23.8 Å². The predicted octanol–water partition coefficient (Wildman–Crippen LogP) is 1.83. The second-order valence-electron chi connectivity index (χ2n) is 3.84. The fourth-order valence-electron chi connectivity index (χ4n) is 1.50. The number of rotatable bonds is 4. The molecule has 0 atom stereocenters. The number of anilines is 1. The molecule has 0 spiro atoms. The normalized spacial score (nSPS) is 10.4. The summed E-state index contributed by atoms with van der Waals surface area (Å²) in [5.41, 5.74) is 1.43. The summed E-state index contributed by atoms with van der Waals surface area (Å²) in [6.45, 7) is 0. The van der Waals surface area contributed by atoms with Crippen LogP contribution in [0.5, 0.6) is 0 Å². The lowest BCUT2D eigenvalue weighted by molar-refractivity contribution is -0.131. The molecule has 1 amide bonds. The van der Waals surface area contributed by atoms with Gasteiger partial charge in [0.25, 0.3) is 5.91 Å². The number of aromatic nitrogens is 2. The summed E-state index contributed by atoms with van der Waals surface area (Å²) in [5.74, 6) is -1.41. The molecule has 2 N–H and O–H groups in total. The Morgan fingerprint density at radius 2 is 2.10 bits per heavy atom. The van der Waals surface area contributed by atoms with Gasteiger partial charge in [0.15, 0.2) is 0 Å². The Hall–Kier alpha value is -3.02. The summed E-state index contributed by atoms with van der Waals surface area (Å²) in [5, 5.41) is 11.2. The van der Waals surface area contributed by atoms with E-state index in [1.165, 1.54) is 24.7 Å². The van der Waals surface area contributed by atoms with E-state index in [1.54, 1.807) is 24.3 Å². The number of hydrogen-bond acceptors (Lipinski definition) is 4. The topological polar surface area (TPSA) is 92.2 Å². The standard InChI is InChI=1S/C14H11N3O3/c18-13(19)5-4-10-2-1-3-11(8-10)17-14(20)12-9-15-6-7-16-12/h1-9H,(H,17,20)(H,18,19)/b5-4+. The smallest absolute Gasteiger partial charge is 0.328 e. The van der Waals surface area contributed by atoms with Crippen LogP contribution in [0.3, 0.4) is 0 Å². The van der Waals surface area contributed by atoms with E-state index in [4.69, 9.17) is 5.11 Å². The van der Waals surface area contributed by atoms with Crippen molar-refractivity contribution in [2.24, 2.45) is 0 Å². The quantitative estimate of drug-likeness (QED) is 0.826. The van der Waals surface area contributed by atoms with E-state index in [2.05, 4.69) is 15.3 Å². The van der Waals surface area contributed by atoms with Crippen LogP contribution in [0.15, 0.2) is 48.9 Å². The molecule has 0 saturated heterocycles. The SMILES string of the molecule is O=C(O)/C=C/c1cccc(NC(=O)c2cnccn2)c1. The average Bonchev–Trinajstić information content (AvgIpc) is 2.46. The largest absolute Gasteiger partial charge is 0.478 e. The molecule has 1 aromatic carbocycles. The fraction of sp³-hybridized carbons (Fsp3) is 0. The van der Waals surface area contributed by atoms with E-state index in [0.717, 1.165) is 6.08 Å². The van der Waals surface area contributed by atoms with Gasteiger partial charge < -0.3 is 10.4 Å². The van der Waals surface area contributed by atoms with Crippen molar-refractivity contribution in [2.45, 2.75) is 0 Å². The minimum Gasteiger partial charge on any atom is -0.478 e. The number of nitrogens with one attached hydrogen (secondary N) is 1. The van der Waals surface area contributed by atoms with E-state index < -0.39 is 5.97 Å². The number of benzene rings is 1. The van der Waals surface area contributed by atoms with Crippen LogP contribution in [-0.2, 0) is 4.79 Å². The first-order valence-electron chi connectivity index (χ1n) is 5.73. The van der Waals surface area contributed by atoms with Gasteiger partial charge in [0.1, 0.15) is 5.69 Å². The highest BCUT2D eigenvalue weighted by Crippen LogP contribution is 2.12. The Balaban J connectivity index is 2.12. The van der Waals surface area contributed by atoms with Crippen molar-refractivity contribution in [1.29, 1.82) is 0 Å². The minimum atomic E-state index is -1.03. The third-order valence-electron chi connectivity index (χ3n) is 2.36. The maximum atomic E-state index is 11.9. The van der Waals surface area contributed by atoms with Crippen LogP contribution in [0.2, 0.25) is 0 Å². The number of carboxylic acids is 1. The lowest BCUT2D eigenvalue weighted by Gasteiger charge is -2.05. The second-order valence-corrected chi connectivity index (χ2v) is 3.84. The number of carboxylic acid groups (broad SMARTS) is 1. The fourth-order valence-corrected chi connectivity index (χ4v) is 1.50. The lowest BCUT2D eigenvalue weighted by atomic mass is 10.2. The van der Waals surface area contributed by atoms with Crippen molar-refractivity contribution in [3.63, 3.8) is 0 Å². The van der Waals surface area contributed by atoms with Gasteiger partial charge in [0.2, 0.25) is 0 Å². The van der Waals surface area contributed by atoms with Crippen LogP contribution in [0.4, 0.5) is 5.69 Å². The van der Waals surface area contributed by atoms with Crippen molar-refractivity contribution >= 4 is 23.6 Å². The van der Waals surface area contributed by atoms with Crippen LogP contribution in [0.1, 0.15) is 16.1 Å². The van der Waals surface area contributed by atoms with Gasteiger partial charge in [-0.3, -0.25) is 9.78 Å². The van der Waals surface area contributed by atoms with E-state index in [9.17, 15) is 9.59 Å². The van der Waals surface area contributed by atoms with Crippen molar-refractivity contribution in [2.75, 3.05) is 5.32 Å². The summed E-state index contributed by atoms with van der Waals surface area (Å²) in [6, 6.07) is 6.81. The minimum absolute atomic E-state index is 0.207. The molecule has 0 aliphatic heterocycles. The molecule has 0 unspecified atom stereocenters. The molecule has 1 aromatic heterocycles. The molecule has 0 radical (unpaired) electrons. The van der Waals surface area contributed by atoms with E-state index in [0.29, 0.717) is 11.3 Å². The number of aliphatic carboxylic acids is 1. The van der Waals surface area contributed by atoms with Crippen LogP contribution in [0.25, 0.3) is 6.08 Å². The molecule has 100 valence electrons. The van der Waals surface area contributed by atoms with Crippen molar-refractivity contribution in [3.8, 4) is 0 Å². The van der Waals surface area contributed by atoms with E-state index in [-0.39, 0.29) is 11.6 Å². The molecule has 2 aromatic rings. The predicted molar refractivity (Wildman–Crippen MR) is 73.1 cm³/mol. The number of amides is 1. The molecule has 0 fully saturated rings. The molecule has 0 aliphatic rings. The lowest BCUT2D eigenvalue weighted by Crippen LogP contribution is -2.13. The average molecular weight is 269 g/mol. The summed E-state index contributed by atoms with van der Waals surface area (Å²) < 4.78 is 0. The van der Waals surface area contributed by atoms with Crippen LogP contribution in [-0.4, -0.2) is 27.0 Å². The molecule has 1 heterocycles. The van der Waals surface area contributed by atoms with Gasteiger partial charge in [-0.2, -0.15) is 0 Å². The summed E-state index contributed by atoms with van der Waals surface area (Å²) >= 11 is 0. The van der Waals surface area contributed by atoms with Gasteiger partial charge in [-0.1, -0.05) is 12.1 Å². The van der Waals surface area contributed by atoms with Gasteiger partial charge in [-0.15, -0.1) is 0 Å². The third kappa shape index (κ3) is 3.74. The molecule has 6 nitrogen and oxygen atoms in total. The van der Waals surface area contributed by atoms with Gasteiger partial charge in [0, 0.05) is 24.2 Å². The highest BCUT2D eigenvalue weighted by Gasteiger charge is 2.07. The van der Waals surface area contributed by atoms with E-state index in [1.807, 2.05) is 0 Å². The van der Waals surface area contributed by atoms with Crippen LogP contribution < -0.4 is 5.32 Å². The van der Waals surface area contributed by atoms with Crippen molar-refractivity contribution in [3.05, 3.63) is 60.2 Å². The zero-order valence-corrected chi connectivity index (χ0v) is 10.4.